The minimum Gasteiger partial charge on any atom is -0.486 e. The number of aromatic nitrogens is 3. The zero-order chi connectivity index (χ0) is 23.2. The smallest absolute Gasteiger partial charge is 0.176 e. The molecule has 0 spiro atoms. The van der Waals surface area contributed by atoms with Gasteiger partial charge in [-0.1, -0.05) is 30.3 Å². The number of rotatable bonds is 5. The fourth-order valence-electron chi connectivity index (χ4n) is 4.21. The number of benzene rings is 2. The van der Waals surface area contributed by atoms with Crippen molar-refractivity contribution < 1.29 is 13.9 Å². The van der Waals surface area contributed by atoms with Crippen LogP contribution < -0.4 is 4.74 Å². The van der Waals surface area contributed by atoms with Gasteiger partial charge in [0.25, 0.3) is 0 Å². The molecule has 1 aliphatic rings. The lowest BCUT2D eigenvalue weighted by Crippen LogP contribution is -2.49. The normalized spacial score (nSPS) is 14.6. The first kappa shape index (κ1) is 21.1. The molecule has 5 rings (SSSR count). The molecule has 0 N–H and O–H groups in total. The molecule has 1 fully saturated rings. The van der Waals surface area contributed by atoms with E-state index in [1.165, 1.54) is 0 Å². The van der Waals surface area contributed by atoms with E-state index in [1.807, 2.05) is 61.7 Å². The van der Waals surface area contributed by atoms with Gasteiger partial charge in [0.1, 0.15) is 24.2 Å². The van der Waals surface area contributed by atoms with E-state index in [-0.39, 0.29) is 18.1 Å². The van der Waals surface area contributed by atoms with Crippen LogP contribution >= 0.6 is 0 Å². The third-order valence-corrected chi connectivity index (χ3v) is 6.22. The molecule has 0 aliphatic carbocycles. The molecular formula is C26H23FN4O2. The Bertz CT molecular complexity index is 1400. The van der Waals surface area contributed by atoms with Crippen LogP contribution in [-0.2, 0) is 16.9 Å². The van der Waals surface area contributed by atoms with Crippen molar-refractivity contribution in [2.75, 3.05) is 13.2 Å². The molecule has 33 heavy (non-hydrogen) atoms. The molecule has 6 nitrogen and oxygen atoms in total. The average Bonchev–Trinajstić information content (AvgIpc) is 3.19. The van der Waals surface area contributed by atoms with E-state index in [4.69, 9.17) is 14.5 Å². The van der Waals surface area contributed by atoms with E-state index < -0.39 is 11.4 Å². The number of imidazole rings is 1. The number of hydrogen-bond donors (Lipinski definition) is 0. The molecule has 0 unspecified atom stereocenters. The van der Waals surface area contributed by atoms with Crippen LogP contribution in [0.3, 0.4) is 0 Å². The van der Waals surface area contributed by atoms with Crippen LogP contribution in [0.15, 0.2) is 48.7 Å². The maximum absolute atomic E-state index is 16.0. The predicted octanol–water partition coefficient (Wildman–Crippen LogP) is 5.05. The topological polar surface area (TPSA) is 73.0 Å². The maximum Gasteiger partial charge on any atom is 0.176 e. The summed E-state index contributed by atoms with van der Waals surface area (Å²) in [5.74, 6) is 0.235. The number of hydrogen-bond acceptors (Lipinski definition) is 5. The molecule has 4 aromatic rings. The van der Waals surface area contributed by atoms with Crippen molar-refractivity contribution in [1.82, 2.24) is 14.5 Å². The largest absolute Gasteiger partial charge is 0.486 e. The van der Waals surface area contributed by atoms with Gasteiger partial charge in [0.05, 0.1) is 41.5 Å². The van der Waals surface area contributed by atoms with Gasteiger partial charge in [-0.3, -0.25) is 0 Å². The second-order valence-electron chi connectivity index (χ2n) is 8.71. The van der Waals surface area contributed by atoms with Gasteiger partial charge in [-0.05, 0) is 43.5 Å². The zero-order valence-corrected chi connectivity index (χ0v) is 18.7. The lowest BCUT2D eigenvalue weighted by molar-refractivity contribution is -0.0868. The van der Waals surface area contributed by atoms with Crippen molar-refractivity contribution in [3.05, 3.63) is 76.9 Å². The first-order valence-electron chi connectivity index (χ1n) is 10.7. The number of nitrogens with zero attached hydrogens (tertiary/aromatic N) is 4. The molecular weight excluding hydrogens is 419 g/mol. The Hall–Kier alpha value is -3.76. The Balaban J connectivity index is 1.67. The van der Waals surface area contributed by atoms with Crippen LogP contribution in [-0.4, -0.2) is 27.7 Å². The van der Waals surface area contributed by atoms with Gasteiger partial charge in [-0.25, -0.2) is 14.4 Å². The van der Waals surface area contributed by atoms with Crippen LogP contribution in [0.25, 0.3) is 22.4 Å². The minimum atomic E-state index is -0.456. The minimum absolute atomic E-state index is 0.221. The second kappa shape index (κ2) is 7.98. The number of ether oxygens (including phenoxy) is 2. The monoisotopic (exact) mass is 442 g/mol. The molecule has 0 saturated carbocycles. The van der Waals surface area contributed by atoms with Crippen LogP contribution in [0.4, 0.5) is 4.39 Å². The molecule has 1 saturated heterocycles. The van der Waals surface area contributed by atoms with Gasteiger partial charge in [0, 0.05) is 6.07 Å². The molecule has 0 bridgehead atoms. The first-order valence-corrected chi connectivity index (χ1v) is 10.7. The highest BCUT2D eigenvalue weighted by atomic mass is 19.1. The van der Waals surface area contributed by atoms with Gasteiger partial charge < -0.3 is 14.0 Å². The van der Waals surface area contributed by atoms with E-state index >= 15 is 4.39 Å². The van der Waals surface area contributed by atoms with Crippen LogP contribution in [0, 0.1) is 31.0 Å². The standard InChI is InChI=1S/C26H23FN4O2/c1-16-9-20(23(27)24(17(16)2)33-13-18-7-5-4-6-8-18)25-30-21-10-19(11-28)29-12-22(21)31(25)26(3)14-32-15-26/h4-10,12H,13-15H2,1-3H3. The van der Waals surface area contributed by atoms with Gasteiger partial charge in [0.15, 0.2) is 11.6 Å². The van der Waals surface area contributed by atoms with Gasteiger partial charge in [0.2, 0.25) is 0 Å². The average molecular weight is 442 g/mol. The van der Waals surface area contributed by atoms with E-state index in [9.17, 15) is 5.26 Å². The molecule has 0 atom stereocenters. The molecule has 2 aromatic heterocycles. The summed E-state index contributed by atoms with van der Waals surface area (Å²) in [6.45, 7) is 7.06. The van der Waals surface area contributed by atoms with Crippen molar-refractivity contribution in [1.29, 1.82) is 5.26 Å². The summed E-state index contributed by atoms with van der Waals surface area (Å²) in [4.78, 5) is 8.97. The molecule has 2 aromatic carbocycles. The number of halogens is 1. The van der Waals surface area contributed by atoms with Gasteiger partial charge in [-0.2, -0.15) is 5.26 Å². The highest BCUT2D eigenvalue weighted by Crippen LogP contribution is 2.40. The zero-order valence-electron chi connectivity index (χ0n) is 18.7. The predicted molar refractivity (Wildman–Crippen MR) is 122 cm³/mol. The maximum atomic E-state index is 16.0. The number of pyridine rings is 1. The number of fused-ring (bicyclic) bond motifs is 1. The Labute approximate surface area is 191 Å². The SMILES string of the molecule is Cc1cc(-c2nc3cc(C#N)ncc3n2C2(C)COC2)c(F)c(OCc2ccccc2)c1C. The third-order valence-electron chi connectivity index (χ3n) is 6.22. The van der Waals surface area contributed by atoms with Crippen molar-refractivity contribution in [2.24, 2.45) is 0 Å². The second-order valence-corrected chi connectivity index (χ2v) is 8.71. The van der Waals surface area contributed by atoms with E-state index in [1.54, 1.807) is 18.3 Å². The van der Waals surface area contributed by atoms with Gasteiger partial charge in [-0.15, -0.1) is 0 Å². The van der Waals surface area contributed by atoms with Crippen molar-refractivity contribution in [3.63, 3.8) is 0 Å². The quantitative estimate of drug-likeness (QED) is 0.432. The Morgan fingerprint density at radius 2 is 1.97 bits per heavy atom. The first-order chi connectivity index (χ1) is 15.9. The Morgan fingerprint density at radius 3 is 2.64 bits per heavy atom. The summed E-state index contributed by atoms with van der Waals surface area (Å²) in [5, 5.41) is 9.26. The molecule has 1 aliphatic heterocycles. The van der Waals surface area contributed by atoms with Gasteiger partial charge >= 0.3 is 0 Å². The highest BCUT2D eigenvalue weighted by molar-refractivity contribution is 5.82. The summed E-state index contributed by atoms with van der Waals surface area (Å²) in [6, 6.07) is 15.2. The molecule has 0 amide bonds. The van der Waals surface area contributed by atoms with Crippen molar-refractivity contribution in [2.45, 2.75) is 32.9 Å². The third kappa shape index (κ3) is 3.53. The van der Waals surface area contributed by atoms with Crippen molar-refractivity contribution >= 4 is 11.0 Å². The fourth-order valence-corrected chi connectivity index (χ4v) is 4.21. The number of aryl methyl sites for hydroxylation is 1. The summed E-state index contributed by atoms with van der Waals surface area (Å²) >= 11 is 0. The van der Waals surface area contributed by atoms with Crippen LogP contribution in [0.2, 0.25) is 0 Å². The lowest BCUT2D eigenvalue weighted by Gasteiger charge is -2.40. The highest BCUT2D eigenvalue weighted by Gasteiger charge is 2.39. The Morgan fingerprint density at radius 1 is 1.21 bits per heavy atom. The summed E-state index contributed by atoms with van der Waals surface area (Å²) in [6.07, 6.45) is 1.62. The van der Waals surface area contributed by atoms with E-state index in [2.05, 4.69) is 4.98 Å². The fraction of sp³-hybridized carbons (Fsp3) is 0.269. The molecule has 166 valence electrons. The van der Waals surface area contributed by atoms with Crippen LogP contribution in [0.5, 0.6) is 5.75 Å². The molecule has 3 heterocycles. The van der Waals surface area contributed by atoms with E-state index in [0.29, 0.717) is 30.1 Å². The lowest BCUT2D eigenvalue weighted by atomic mass is 9.98. The number of nitriles is 1. The molecule has 7 heteroatoms. The van der Waals surface area contributed by atoms with Crippen LogP contribution in [0.1, 0.15) is 29.3 Å². The summed E-state index contributed by atoms with van der Waals surface area (Å²) in [5.41, 5.74) is 4.16. The van der Waals surface area contributed by atoms with Crippen molar-refractivity contribution in [3.8, 4) is 23.2 Å². The van der Waals surface area contributed by atoms with E-state index in [0.717, 1.165) is 22.2 Å². The summed E-state index contributed by atoms with van der Waals surface area (Å²) in [7, 11) is 0. The summed E-state index contributed by atoms with van der Waals surface area (Å²) < 4.78 is 29.4. The molecule has 0 radical (unpaired) electrons. The Kier molecular flexibility index (Phi) is 5.10.